The molecule has 0 aromatic heterocycles. The van der Waals surface area contributed by atoms with Crippen LogP contribution in [0.2, 0.25) is 0 Å². The maximum Gasteiger partial charge on any atom is 0.384 e. The predicted molar refractivity (Wildman–Crippen MR) is 75.1 cm³/mol. The summed E-state index contributed by atoms with van der Waals surface area (Å²) in [5.74, 6) is 4.62. The molecule has 3 heteroatoms. The highest BCUT2D eigenvalue weighted by molar-refractivity contribution is 5.89. The number of hydrogen-bond acceptors (Lipinski definition) is 3. The molecule has 0 fully saturated rings. The van der Waals surface area contributed by atoms with Gasteiger partial charge in [-0.15, -0.1) is 0 Å². The first-order valence-corrected chi connectivity index (χ1v) is 5.80. The van der Waals surface area contributed by atoms with Crippen LogP contribution in [0.1, 0.15) is 5.56 Å². The van der Waals surface area contributed by atoms with E-state index in [4.69, 9.17) is 0 Å². The van der Waals surface area contributed by atoms with Crippen LogP contribution in [0.5, 0.6) is 0 Å². The lowest BCUT2D eigenvalue weighted by Crippen LogP contribution is -1.94. The van der Waals surface area contributed by atoms with Gasteiger partial charge in [-0.2, -0.15) is 0 Å². The molecule has 2 aromatic rings. The Bertz CT molecular complexity index is 624. The van der Waals surface area contributed by atoms with Gasteiger partial charge in [0.05, 0.1) is 7.11 Å². The molecule has 0 aliphatic heterocycles. The fourth-order valence-corrected chi connectivity index (χ4v) is 1.54. The first-order valence-electron chi connectivity index (χ1n) is 5.80. The van der Waals surface area contributed by atoms with E-state index in [1.807, 2.05) is 54.6 Å². The Hall–Kier alpha value is -2.73. The second-order valence-corrected chi connectivity index (χ2v) is 3.81. The molecule has 0 aliphatic rings. The third kappa shape index (κ3) is 3.90. The van der Waals surface area contributed by atoms with Crippen LogP contribution in [0.15, 0.2) is 54.6 Å². The zero-order valence-electron chi connectivity index (χ0n) is 10.5. The molecule has 3 nitrogen and oxygen atoms in total. The summed E-state index contributed by atoms with van der Waals surface area (Å²) in [6, 6.07) is 17.4. The summed E-state index contributed by atoms with van der Waals surface area (Å²) in [7, 11) is 1.31. The van der Waals surface area contributed by atoms with E-state index < -0.39 is 5.97 Å². The van der Waals surface area contributed by atoms with Crippen LogP contribution in [-0.2, 0) is 9.53 Å². The van der Waals surface area contributed by atoms with Crippen LogP contribution in [0.25, 0.3) is 0 Å². The first-order chi connectivity index (χ1) is 9.28. The van der Waals surface area contributed by atoms with E-state index in [2.05, 4.69) is 21.9 Å². The lowest BCUT2D eigenvalue weighted by atomic mass is 10.2. The van der Waals surface area contributed by atoms with Crippen LogP contribution in [0.4, 0.5) is 11.4 Å². The summed E-state index contributed by atoms with van der Waals surface area (Å²) in [6.45, 7) is 0. The lowest BCUT2D eigenvalue weighted by Gasteiger charge is -2.06. The Kier molecular flexibility index (Phi) is 4.20. The fraction of sp³-hybridized carbons (Fsp3) is 0.0625. The van der Waals surface area contributed by atoms with E-state index in [0.717, 1.165) is 16.9 Å². The van der Waals surface area contributed by atoms with E-state index in [1.165, 1.54) is 7.11 Å². The van der Waals surface area contributed by atoms with Gasteiger partial charge >= 0.3 is 5.97 Å². The van der Waals surface area contributed by atoms with Crippen LogP contribution in [0.3, 0.4) is 0 Å². The second kappa shape index (κ2) is 6.27. The molecule has 1 N–H and O–H groups in total. The molecule has 0 amide bonds. The zero-order chi connectivity index (χ0) is 13.5. The molecule has 19 heavy (non-hydrogen) atoms. The Balaban J connectivity index is 2.15. The Morgan fingerprint density at radius 3 is 2.53 bits per heavy atom. The molecule has 2 aromatic carbocycles. The maximum absolute atomic E-state index is 10.9. The minimum Gasteiger partial charge on any atom is -0.459 e. The van der Waals surface area contributed by atoms with Crippen molar-refractivity contribution in [3.63, 3.8) is 0 Å². The van der Waals surface area contributed by atoms with Crippen molar-refractivity contribution in [2.45, 2.75) is 0 Å². The number of rotatable bonds is 2. The average Bonchev–Trinajstić information content (AvgIpc) is 2.46. The molecule has 0 saturated carbocycles. The van der Waals surface area contributed by atoms with Crippen molar-refractivity contribution in [1.29, 1.82) is 0 Å². The van der Waals surface area contributed by atoms with Crippen molar-refractivity contribution < 1.29 is 9.53 Å². The Morgan fingerprint density at radius 1 is 1.05 bits per heavy atom. The van der Waals surface area contributed by atoms with Gasteiger partial charge in [0, 0.05) is 22.9 Å². The minimum absolute atomic E-state index is 0.540. The molecule has 2 rings (SSSR count). The van der Waals surface area contributed by atoms with Gasteiger partial charge in [-0.05, 0) is 30.3 Å². The minimum atomic E-state index is -0.540. The maximum atomic E-state index is 10.9. The van der Waals surface area contributed by atoms with E-state index >= 15 is 0 Å². The molecular formula is C16H13NO2. The second-order valence-electron chi connectivity index (χ2n) is 3.81. The summed E-state index contributed by atoms with van der Waals surface area (Å²) in [6.07, 6.45) is 0. The van der Waals surface area contributed by atoms with E-state index in [1.54, 1.807) is 0 Å². The third-order valence-electron chi connectivity index (χ3n) is 2.42. The molecule has 0 heterocycles. The number of carbonyl (C=O) groups excluding carboxylic acids is 1. The van der Waals surface area contributed by atoms with Crippen molar-refractivity contribution in [3.05, 3.63) is 60.2 Å². The highest BCUT2D eigenvalue weighted by atomic mass is 16.5. The predicted octanol–water partition coefficient (Wildman–Crippen LogP) is 2.95. The van der Waals surface area contributed by atoms with Crippen LogP contribution >= 0.6 is 0 Å². The van der Waals surface area contributed by atoms with Gasteiger partial charge in [0.2, 0.25) is 0 Å². The van der Waals surface area contributed by atoms with Gasteiger partial charge in [0.15, 0.2) is 0 Å². The van der Waals surface area contributed by atoms with Gasteiger partial charge in [-0.25, -0.2) is 4.79 Å². The van der Waals surface area contributed by atoms with Gasteiger partial charge in [0.1, 0.15) is 0 Å². The molecule has 0 aliphatic carbocycles. The average molecular weight is 251 g/mol. The normalized spacial score (nSPS) is 9.11. The smallest absolute Gasteiger partial charge is 0.384 e. The Morgan fingerprint density at radius 2 is 1.79 bits per heavy atom. The number of methoxy groups -OCH3 is 1. The molecule has 0 atom stereocenters. The third-order valence-corrected chi connectivity index (χ3v) is 2.42. The zero-order valence-corrected chi connectivity index (χ0v) is 10.5. The number of anilines is 2. The number of ether oxygens (including phenoxy) is 1. The number of benzene rings is 2. The Labute approximate surface area is 112 Å². The van der Waals surface area contributed by atoms with E-state index in [-0.39, 0.29) is 0 Å². The van der Waals surface area contributed by atoms with Crippen LogP contribution in [-0.4, -0.2) is 13.1 Å². The van der Waals surface area contributed by atoms with Gasteiger partial charge in [0.25, 0.3) is 0 Å². The van der Waals surface area contributed by atoms with Crippen molar-refractivity contribution in [2.24, 2.45) is 0 Å². The molecular weight excluding hydrogens is 238 g/mol. The topological polar surface area (TPSA) is 38.3 Å². The van der Waals surface area contributed by atoms with Crippen molar-refractivity contribution in [3.8, 4) is 11.8 Å². The largest absolute Gasteiger partial charge is 0.459 e. The SMILES string of the molecule is COC(=O)C#Cc1cccc(Nc2ccccc2)c1. The highest BCUT2D eigenvalue weighted by Crippen LogP contribution is 2.16. The molecule has 0 radical (unpaired) electrons. The number of nitrogens with one attached hydrogen (secondary N) is 1. The molecule has 0 bridgehead atoms. The summed E-state index contributed by atoms with van der Waals surface area (Å²) >= 11 is 0. The van der Waals surface area contributed by atoms with Gasteiger partial charge in [-0.1, -0.05) is 30.2 Å². The molecule has 0 saturated heterocycles. The summed E-state index contributed by atoms with van der Waals surface area (Å²) < 4.78 is 4.47. The first kappa shape index (κ1) is 12.7. The quantitative estimate of drug-likeness (QED) is 0.658. The molecule has 94 valence electrons. The number of esters is 1. The van der Waals surface area contributed by atoms with Gasteiger partial charge < -0.3 is 10.1 Å². The summed E-state index contributed by atoms with van der Waals surface area (Å²) in [4.78, 5) is 10.9. The van der Waals surface area contributed by atoms with Crippen LogP contribution in [0, 0.1) is 11.8 Å². The molecule has 0 spiro atoms. The molecule has 0 unspecified atom stereocenters. The lowest BCUT2D eigenvalue weighted by molar-refractivity contribution is -0.133. The number of carbonyl (C=O) groups is 1. The monoisotopic (exact) mass is 251 g/mol. The van der Waals surface area contributed by atoms with Crippen molar-refractivity contribution >= 4 is 17.3 Å². The highest BCUT2D eigenvalue weighted by Gasteiger charge is 1.95. The van der Waals surface area contributed by atoms with E-state index in [0.29, 0.717) is 0 Å². The summed E-state index contributed by atoms with van der Waals surface area (Å²) in [5.41, 5.74) is 2.68. The standard InChI is InChI=1S/C16H13NO2/c1-19-16(18)11-10-13-6-5-9-15(12-13)17-14-7-3-2-4-8-14/h2-9,12,17H,1H3. The van der Waals surface area contributed by atoms with Gasteiger partial charge in [-0.3, -0.25) is 0 Å². The van der Waals surface area contributed by atoms with Crippen molar-refractivity contribution in [2.75, 3.05) is 12.4 Å². The number of hydrogen-bond donors (Lipinski definition) is 1. The fourth-order valence-electron chi connectivity index (χ4n) is 1.54. The van der Waals surface area contributed by atoms with Crippen molar-refractivity contribution in [1.82, 2.24) is 0 Å². The number of para-hydroxylation sites is 1. The van der Waals surface area contributed by atoms with Crippen LogP contribution < -0.4 is 5.32 Å². The van der Waals surface area contributed by atoms with E-state index in [9.17, 15) is 4.79 Å². The summed E-state index contributed by atoms with van der Waals surface area (Å²) in [5, 5.41) is 3.26.